The van der Waals surface area contributed by atoms with Crippen molar-refractivity contribution in [1.29, 1.82) is 0 Å². The van der Waals surface area contributed by atoms with Crippen LogP contribution in [0.2, 0.25) is 0 Å². The zero-order valence-corrected chi connectivity index (χ0v) is 20.6. The number of hydrogen-bond donors (Lipinski definition) is 3. The minimum Gasteiger partial charge on any atom is -0.493 e. The summed E-state index contributed by atoms with van der Waals surface area (Å²) in [6.45, 7) is 12.1. The van der Waals surface area contributed by atoms with Crippen LogP contribution in [0.15, 0.2) is 18.2 Å². The third-order valence-corrected chi connectivity index (χ3v) is 6.57. The molecule has 0 aliphatic rings. The molecule has 1 heterocycles. The fourth-order valence-corrected chi connectivity index (χ4v) is 4.42. The highest BCUT2D eigenvalue weighted by Crippen LogP contribution is 2.32. The highest BCUT2D eigenvalue weighted by molar-refractivity contribution is 7.80. The molecule has 0 atom stereocenters. The first-order valence-corrected chi connectivity index (χ1v) is 11.4. The summed E-state index contributed by atoms with van der Waals surface area (Å²) < 4.78 is 5.89. The molecule has 0 fully saturated rings. The van der Waals surface area contributed by atoms with Crippen molar-refractivity contribution < 1.29 is 14.3 Å². The molecule has 0 spiro atoms. The first-order valence-electron chi connectivity index (χ1n) is 10.1. The molecule has 0 unspecified atom stereocenters. The van der Waals surface area contributed by atoms with Crippen LogP contribution in [0.4, 0.5) is 5.00 Å². The number of primary amides is 1. The number of aryl methyl sites for hydroxylation is 3. The summed E-state index contributed by atoms with van der Waals surface area (Å²) in [5.41, 5.74) is 8.32. The number of nitrogens with one attached hydrogen (secondary N) is 2. The Hall–Kier alpha value is -2.45. The van der Waals surface area contributed by atoms with Gasteiger partial charge in [0.05, 0.1) is 12.2 Å². The van der Waals surface area contributed by atoms with Crippen LogP contribution >= 0.6 is 23.6 Å². The fourth-order valence-electron chi connectivity index (χ4n) is 3.09. The van der Waals surface area contributed by atoms with E-state index < -0.39 is 11.3 Å². The Balaban J connectivity index is 1.89. The number of thiophene rings is 1. The van der Waals surface area contributed by atoms with Gasteiger partial charge in [0.2, 0.25) is 5.91 Å². The topological polar surface area (TPSA) is 93.4 Å². The fraction of sp³-hybridized carbons (Fsp3) is 0.435. The van der Waals surface area contributed by atoms with E-state index >= 15 is 0 Å². The molecular weight excluding hydrogens is 430 g/mol. The van der Waals surface area contributed by atoms with Gasteiger partial charge in [0, 0.05) is 10.3 Å². The highest BCUT2D eigenvalue weighted by Gasteiger charge is 2.28. The lowest BCUT2D eigenvalue weighted by molar-refractivity contribution is -0.128. The van der Waals surface area contributed by atoms with Crippen molar-refractivity contribution in [2.24, 2.45) is 11.1 Å². The summed E-state index contributed by atoms with van der Waals surface area (Å²) in [4.78, 5) is 25.5. The van der Waals surface area contributed by atoms with Crippen LogP contribution in [-0.4, -0.2) is 23.5 Å². The zero-order chi connectivity index (χ0) is 23.3. The Bertz CT molecular complexity index is 996. The van der Waals surface area contributed by atoms with E-state index in [9.17, 15) is 9.59 Å². The average Bonchev–Trinajstić information content (AvgIpc) is 2.94. The molecule has 8 heteroatoms. The Morgan fingerprint density at radius 2 is 1.87 bits per heavy atom. The molecule has 1 aromatic carbocycles. The molecule has 0 aliphatic heterocycles. The number of ether oxygens (including phenoxy) is 1. The lowest BCUT2D eigenvalue weighted by atomic mass is 9.87. The second-order valence-electron chi connectivity index (χ2n) is 8.36. The van der Waals surface area contributed by atoms with Gasteiger partial charge in [-0.15, -0.1) is 11.3 Å². The van der Waals surface area contributed by atoms with Gasteiger partial charge in [-0.2, -0.15) is 0 Å². The van der Waals surface area contributed by atoms with Crippen molar-refractivity contribution in [1.82, 2.24) is 5.32 Å². The van der Waals surface area contributed by atoms with Crippen LogP contribution in [0.5, 0.6) is 5.75 Å². The highest BCUT2D eigenvalue weighted by atomic mass is 32.1. The monoisotopic (exact) mass is 461 g/mol. The van der Waals surface area contributed by atoms with Crippen LogP contribution in [0.25, 0.3) is 0 Å². The van der Waals surface area contributed by atoms with Crippen LogP contribution in [-0.2, 0) is 4.79 Å². The molecule has 0 radical (unpaired) electrons. The van der Waals surface area contributed by atoms with Crippen LogP contribution in [0.3, 0.4) is 0 Å². The Kier molecular flexibility index (Phi) is 8.20. The van der Waals surface area contributed by atoms with Crippen molar-refractivity contribution in [3.8, 4) is 5.75 Å². The van der Waals surface area contributed by atoms with Gasteiger partial charge < -0.3 is 21.1 Å². The number of carbonyl (C=O) groups is 2. The average molecular weight is 462 g/mol. The Labute approximate surface area is 193 Å². The van der Waals surface area contributed by atoms with Crippen molar-refractivity contribution in [2.45, 2.75) is 54.4 Å². The van der Waals surface area contributed by atoms with E-state index in [4.69, 9.17) is 22.7 Å². The molecule has 4 N–H and O–H groups in total. The second kappa shape index (κ2) is 10.2. The summed E-state index contributed by atoms with van der Waals surface area (Å²) in [6.07, 6.45) is 1.36. The van der Waals surface area contributed by atoms with Gasteiger partial charge in [0.1, 0.15) is 10.8 Å². The lowest BCUT2D eigenvalue weighted by Gasteiger charge is -2.24. The van der Waals surface area contributed by atoms with E-state index in [0.29, 0.717) is 23.6 Å². The van der Waals surface area contributed by atoms with Gasteiger partial charge in [0.15, 0.2) is 5.11 Å². The van der Waals surface area contributed by atoms with Gasteiger partial charge in [0.25, 0.3) is 5.91 Å². The maximum absolute atomic E-state index is 12.8. The van der Waals surface area contributed by atoms with Crippen molar-refractivity contribution >= 4 is 45.5 Å². The summed E-state index contributed by atoms with van der Waals surface area (Å²) in [6, 6.07) is 6.11. The third-order valence-electron chi connectivity index (χ3n) is 5.25. The quantitative estimate of drug-likeness (QED) is 0.389. The molecule has 1 aromatic heterocycles. The smallest absolute Gasteiger partial charge is 0.251 e. The number of hydrogen-bond acceptors (Lipinski definition) is 5. The van der Waals surface area contributed by atoms with E-state index in [1.54, 1.807) is 0 Å². The molecule has 6 nitrogen and oxygen atoms in total. The molecule has 0 saturated carbocycles. The van der Waals surface area contributed by atoms with Crippen LogP contribution in [0, 0.1) is 33.1 Å². The zero-order valence-electron chi connectivity index (χ0n) is 19.0. The first kappa shape index (κ1) is 24.8. The normalized spacial score (nSPS) is 11.2. The Morgan fingerprint density at radius 1 is 1.19 bits per heavy atom. The Morgan fingerprint density at radius 3 is 2.52 bits per heavy atom. The van der Waals surface area contributed by atoms with Crippen LogP contribution in [0.1, 0.15) is 58.6 Å². The molecule has 2 aromatic rings. The summed E-state index contributed by atoms with van der Waals surface area (Å²) >= 11 is 6.67. The molecule has 168 valence electrons. The van der Waals surface area contributed by atoms with Gasteiger partial charge in [-0.05, 0) is 75.5 Å². The number of anilines is 1. The molecule has 0 aliphatic carbocycles. The maximum Gasteiger partial charge on any atom is 0.251 e. The molecule has 31 heavy (non-hydrogen) atoms. The number of carbonyl (C=O) groups excluding carboxylic acids is 2. The summed E-state index contributed by atoms with van der Waals surface area (Å²) in [5.74, 6) is 0.157. The second-order valence-corrected chi connectivity index (χ2v) is 10.00. The van der Waals surface area contributed by atoms with Gasteiger partial charge in [-0.3, -0.25) is 9.59 Å². The molecule has 0 saturated heterocycles. The largest absolute Gasteiger partial charge is 0.493 e. The predicted molar refractivity (Wildman–Crippen MR) is 131 cm³/mol. The minimum atomic E-state index is -0.634. The van der Waals surface area contributed by atoms with E-state index in [1.165, 1.54) is 11.3 Å². The van der Waals surface area contributed by atoms with E-state index in [1.807, 2.05) is 53.7 Å². The SMILES string of the molecule is Cc1ccc(C)c(OCCCC(C)(C)C(=O)NC(=S)Nc2sc(C)c(C)c2C(N)=O)c1. The number of benzene rings is 1. The third kappa shape index (κ3) is 6.51. The first-order chi connectivity index (χ1) is 14.4. The van der Waals surface area contributed by atoms with Crippen molar-refractivity contribution in [3.63, 3.8) is 0 Å². The number of nitrogens with two attached hydrogens (primary N) is 1. The minimum absolute atomic E-state index is 0.147. The molecule has 0 bridgehead atoms. The van der Waals surface area contributed by atoms with Crippen LogP contribution < -0.4 is 21.1 Å². The van der Waals surface area contributed by atoms with E-state index in [-0.39, 0.29) is 11.0 Å². The number of amides is 2. The van der Waals surface area contributed by atoms with Gasteiger partial charge in [-0.25, -0.2) is 0 Å². The van der Waals surface area contributed by atoms with E-state index in [2.05, 4.69) is 16.7 Å². The summed E-state index contributed by atoms with van der Waals surface area (Å²) in [5, 5.41) is 6.38. The molecule has 2 rings (SSSR count). The predicted octanol–water partition coefficient (Wildman–Crippen LogP) is 4.78. The number of rotatable bonds is 8. The maximum atomic E-state index is 12.8. The van der Waals surface area contributed by atoms with E-state index in [0.717, 1.165) is 33.7 Å². The van der Waals surface area contributed by atoms with Crippen molar-refractivity contribution in [3.05, 3.63) is 45.3 Å². The standard InChI is InChI=1S/C23H31N3O3S2/c1-13-8-9-14(2)17(12-13)29-11-7-10-23(5,6)21(28)26-22(30)25-20-18(19(24)27)15(3)16(4)31-20/h8-9,12H,7,10-11H2,1-6H3,(H2,24,27)(H2,25,26,28,30). The lowest BCUT2D eigenvalue weighted by Crippen LogP contribution is -2.42. The molecule has 2 amide bonds. The number of thiocarbonyl (C=S) groups is 1. The molecular formula is C23H31N3O3S2. The summed E-state index contributed by atoms with van der Waals surface area (Å²) in [7, 11) is 0. The van der Waals surface area contributed by atoms with Gasteiger partial charge >= 0.3 is 0 Å². The van der Waals surface area contributed by atoms with Gasteiger partial charge in [-0.1, -0.05) is 26.0 Å². The van der Waals surface area contributed by atoms with Crippen molar-refractivity contribution in [2.75, 3.05) is 11.9 Å².